The van der Waals surface area contributed by atoms with Crippen LogP contribution in [0, 0.1) is 13.8 Å². The molecule has 1 amide bonds. The van der Waals surface area contributed by atoms with Crippen molar-refractivity contribution in [3.8, 4) is 0 Å². The number of nitrogens with one attached hydrogen (secondary N) is 1. The molecule has 0 radical (unpaired) electrons. The first-order valence-electron chi connectivity index (χ1n) is 9.28. The number of benzene rings is 2. The van der Waals surface area contributed by atoms with Gasteiger partial charge < -0.3 is 9.64 Å². The minimum atomic E-state index is -3.86. The van der Waals surface area contributed by atoms with Crippen LogP contribution in [0.1, 0.15) is 25.0 Å². The predicted molar refractivity (Wildman–Crippen MR) is 111 cm³/mol. The van der Waals surface area contributed by atoms with Crippen molar-refractivity contribution in [2.45, 2.75) is 38.7 Å². The van der Waals surface area contributed by atoms with Gasteiger partial charge in [-0.05, 0) is 63.1 Å². The van der Waals surface area contributed by atoms with E-state index in [9.17, 15) is 18.0 Å². The molecule has 0 spiro atoms. The van der Waals surface area contributed by atoms with E-state index in [0.717, 1.165) is 11.1 Å². The smallest absolute Gasteiger partial charge is 0.321 e. The van der Waals surface area contributed by atoms with Gasteiger partial charge in [0.15, 0.2) is 6.10 Å². The van der Waals surface area contributed by atoms with E-state index in [1.54, 1.807) is 18.2 Å². The van der Waals surface area contributed by atoms with Gasteiger partial charge >= 0.3 is 5.97 Å². The molecule has 0 saturated heterocycles. The van der Waals surface area contributed by atoms with Crippen molar-refractivity contribution in [2.24, 2.45) is 0 Å². The fourth-order valence-electron chi connectivity index (χ4n) is 2.70. The number of hydrogen-bond donors (Lipinski definition) is 1. The Labute approximate surface area is 171 Å². The largest absolute Gasteiger partial charge is 0.452 e. The number of rotatable bonds is 8. The zero-order valence-corrected chi connectivity index (χ0v) is 17.8. The lowest BCUT2D eigenvalue weighted by Gasteiger charge is -2.24. The normalized spacial score (nSPS) is 12.3. The average Bonchev–Trinajstić information content (AvgIpc) is 2.69. The van der Waals surface area contributed by atoms with Gasteiger partial charge in [-0.1, -0.05) is 24.3 Å². The van der Waals surface area contributed by atoms with Crippen molar-refractivity contribution >= 4 is 27.6 Å². The number of aryl methyl sites for hydroxylation is 2. The lowest BCUT2D eigenvalue weighted by molar-refractivity contribution is -0.152. The summed E-state index contributed by atoms with van der Waals surface area (Å²) in [6.45, 7) is 6.81. The second-order valence-corrected chi connectivity index (χ2v) is 8.39. The van der Waals surface area contributed by atoms with Gasteiger partial charge in [-0.25, -0.2) is 8.42 Å². The Bertz CT molecular complexity index is 974. The quantitative estimate of drug-likeness (QED) is 0.665. The minimum Gasteiger partial charge on any atom is -0.452 e. The molecule has 29 heavy (non-hydrogen) atoms. The Morgan fingerprint density at radius 1 is 1.07 bits per heavy atom. The van der Waals surface area contributed by atoms with Crippen LogP contribution in [0.3, 0.4) is 0 Å². The summed E-state index contributed by atoms with van der Waals surface area (Å²) in [4.78, 5) is 26.3. The number of carbonyl (C=O) groups is 2. The summed E-state index contributed by atoms with van der Waals surface area (Å²) in [6, 6.07) is 13.7. The first-order chi connectivity index (χ1) is 13.7. The zero-order chi connectivity index (χ0) is 21.6. The zero-order valence-electron chi connectivity index (χ0n) is 17.0. The van der Waals surface area contributed by atoms with Gasteiger partial charge in [0.05, 0.1) is 4.90 Å². The van der Waals surface area contributed by atoms with Crippen molar-refractivity contribution in [3.05, 3.63) is 59.7 Å². The third-order valence-electron chi connectivity index (χ3n) is 4.50. The lowest BCUT2D eigenvalue weighted by Crippen LogP contribution is -2.41. The summed E-state index contributed by atoms with van der Waals surface area (Å²) >= 11 is 0. The Hall–Kier alpha value is -2.71. The molecule has 2 rings (SSSR count). The average molecular weight is 419 g/mol. The molecule has 0 aliphatic carbocycles. The number of ether oxygens (including phenoxy) is 1. The van der Waals surface area contributed by atoms with Crippen LogP contribution < -0.4 is 9.62 Å². The van der Waals surface area contributed by atoms with Crippen LogP contribution in [0.5, 0.6) is 0 Å². The number of para-hydroxylation sites is 1. The van der Waals surface area contributed by atoms with Crippen molar-refractivity contribution in [1.82, 2.24) is 4.72 Å². The molecule has 0 aliphatic heterocycles. The number of amides is 1. The fourth-order valence-corrected chi connectivity index (χ4v) is 3.75. The molecule has 1 N–H and O–H groups in total. The van der Waals surface area contributed by atoms with Crippen LogP contribution in [0.2, 0.25) is 0 Å². The molecule has 0 saturated carbocycles. The molecule has 0 bridgehead atoms. The number of carbonyl (C=O) groups excluding carboxylic acids is 2. The lowest BCUT2D eigenvalue weighted by atomic mass is 10.1. The highest BCUT2D eigenvalue weighted by molar-refractivity contribution is 7.89. The molecule has 0 unspecified atom stereocenters. The molecule has 0 fully saturated rings. The molecule has 7 nitrogen and oxygen atoms in total. The van der Waals surface area contributed by atoms with Crippen LogP contribution in [-0.4, -0.2) is 39.5 Å². The van der Waals surface area contributed by atoms with Crippen LogP contribution >= 0.6 is 0 Å². The number of anilines is 1. The fraction of sp³-hybridized carbons (Fsp3) is 0.333. The van der Waals surface area contributed by atoms with Gasteiger partial charge in [-0.15, -0.1) is 0 Å². The number of nitrogens with zero attached hydrogens (tertiary/aromatic N) is 1. The van der Waals surface area contributed by atoms with E-state index >= 15 is 0 Å². The first-order valence-corrected chi connectivity index (χ1v) is 10.8. The summed E-state index contributed by atoms with van der Waals surface area (Å²) in [5.74, 6) is -1.22. The van der Waals surface area contributed by atoms with Crippen LogP contribution in [0.25, 0.3) is 0 Å². The second-order valence-electron chi connectivity index (χ2n) is 6.62. The summed E-state index contributed by atoms with van der Waals surface area (Å²) in [6.07, 6.45) is -1.05. The molecular formula is C21H26N2O5S. The standard InChI is InChI=1S/C21H26N2O5S/c1-5-23(18-9-7-6-8-10-18)21(25)17(4)28-20(24)14-22-29(26,27)19-12-11-15(2)16(3)13-19/h6-13,17,22H,5,14H2,1-4H3/t17-/m1/s1. The topological polar surface area (TPSA) is 92.8 Å². The van der Waals surface area contributed by atoms with Gasteiger partial charge in [-0.2, -0.15) is 4.72 Å². The highest BCUT2D eigenvalue weighted by atomic mass is 32.2. The third kappa shape index (κ3) is 5.88. The van der Waals surface area contributed by atoms with Gasteiger partial charge in [0.25, 0.3) is 5.91 Å². The maximum absolute atomic E-state index is 12.6. The number of hydrogen-bond acceptors (Lipinski definition) is 5. The van der Waals surface area contributed by atoms with Crippen LogP contribution in [0.4, 0.5) is 5.69 Å². The Kier molecular flexibility index (Phi) is 7.53. The molecule has 8 heteroatoms. The maximum Gasteiger partial charge on any atom is 0.321 e. The Morgan fingerprint density at radius 3 is 2.31 bits per heavy atom. The summed E-state index contributed by atoms with van der Waals surface area (Å²) in [7, 11) is -3.86. The molecule has 2 aromatic rings. The predicted octanol–water partition coefficient (Wildman–Crippen LogP) is 2.57. The highest BCUT2D eigenvalue weighted by Gasteiger charge is 2.25. The van der Waals surface area contributed by atoms with Crippen molar-refractivity contribution in [1.29, 1.82) is 0 Å². The second kappa shape index (κ2) is 9.67. The summed E-state index contributed by atoms with van der Waals surface area (Å²) in [5.41, 5.74) is 2.49. The van der Waals surface area contributed by atoms with E-state index < -0.39 is 28.6 Å². The van der Waals surface area contributed by atoms with E-state index in [2.05, 4.69) is 4.72 Å². The number of likely N-dealkylation sites (N-methyl/N-ethyl adjacent to an activating group) is 1. The van der Waals surface area contributed by atoms with E-state index in [-0.39, 0.29) is 10.8 Å². The molecule has 0 heterocycles. The third-order valence-corrected chi connectivity index (χ3v) is 5.90. The monoisotopic (exact) mass is 418 g/mol. The summed E-state index contributed by atoms with van der Waals surface area (Å²) < 4.78 is 32.1. The van der Waals surface area contributed by atoms with E-state index in [0.29, 0.717) is 12.2 Å². The van der Waals surface area contributed by atoms with E-state index in [1.807, 2.05) is 39.0 Å². The minimum absolute atomic E-state index is 0.0683. The van der Waals surface area contributed by atoms with Crippen molar-refractivity contribution < 1.29 is 22.7 Å². The van der Waals surface area contributed by atoms with Crippen molar-refractivity contribution in [3.63, 3.8) is 0 Å². The first kappa shape index (κ1) is 22.6. The van der Waals surface area contributed by atoms with Gasteiger partial charge in [-0.3, -0.25) is 9.59 Å². The Balaban J connectivity index is 1.97. The van der Waals surface area contributed by atoms with Crippen molar-refractivity contribution in [2.75, 3.05) is 18.0 Å². The SMILES string of the molecule is CCN(C(=O)[C@@H](C)OC(=O)CNS(=O)(=O)c1ccc(C)c(C)c1)c1ccccc1. The molecule has 0 aliphatic rings. The van der Waals surface area contributed by atoms with Gasteiger partial charge in [0, 0.05) is 12.2 Å². The number of sulfonamides is 1. The number of esters is 1. The van der Waals surface area contributed by atoms with E-state index in [1.165, 1.54) is 24.0 Å². The van der Waals surface area contributed by atoms with Gasteiger partial charge in [0.1, 0.15) is 6.54 Å². The summed E-state index contributed by atoms with van der Waals surface area (Å²) in [5, 5.41) is 0. The molecular weight excluding hydrogens is 392 g/mol. The molecule has 2 aromatic carbocycles. The van der Waals surface area contributed by atoms with Crippen LogP contribution in [0.15, 0.2) is 53.4 Å². The van der Waals surface area contributed by atoms with Crippen LogP contribution in [-0.2, 0) is 24.3 Å². The molecule has 1 atom stereocenters. The van der Waals surface area contributed by atoms with Gasteiger partial charge in [0.2, 0.25) is 10.0 Å². The highest BCUT2D eigenvalue weighted by Crippen LogP contribution is 2.16. The maximum atomic E-state index is 12.6. The molecule has 156 valence electrons. The molecule has 0 aromatic heterocycles. The Morgan fingerprint density at radius 2 is 1.72 bits per heavy atom. The van der Waals surface area contributed by atoms with E-state index in [4.69, 9.17) is 4.74 Å².